The van der Waals surface area contributed by atoms with Crippen LogP contribution in [0, 0.1) is 12.8 Å². The quantitative estimate of drug-likeness (QED) is 0.735. The molecule has 0 spiro atoms. The SMILES string of the molecule is Cc1ccc(O)c(NC(=O)C(C)CCCC(C)N)n1. The molecule has 0 aliphatic heterocycles. The fourth-order valence-corrected chi connectivity index (χ4v) is 1.76. The molecule has 0 aromatic carbocycles. The van der Waals surface area contributed by atoms with E-state index in [1.165, 1.54) is 6.07 Å². The van der Waals surface area contributed by atoms with Gasteiger partial charge < -0.3 is 16.2 Å². The van der Waals surface area contributed by atoms with Gasteiger partial charge >= 0.3 is 0 Å². The van der Waals surface area contributed by atoms with Crippen LogP contribution in [0.1, 0.15) is 38.8 Å². The summed E-state index contributed by atoms with van der Waals surface area (Å²) in [5, 5.41) is 12.3. The first kappa shape index (κ1) is 15.4. The second-order valence-electron chi connectivity index (χ2n) is 5.12. The third kappa shape index (κ3) is 5.26. The summed E-state index contributed by atoms with van der Waals surface area (Å²) in [6.45, 7) is 5.63. The second kappa shape index (κ2) is 7.09. The number of nitrogens with two attached hydrogens (primary N) is 1. The van der Waals surface area contributed by atoms with Crippen LogP contribution >= 0.6 is 0 Å². The van der Waals surface area contributed by atoms with Crippen LogP contribution in [-0.2, 0) is 4.79 Å². The number of hydrogen-bond acceptors (Lipinski definition) is 4. The molecule has 0 bridgehead atoms. The predicted octanol–water partition coefficient (Wildman–Crippen LogP) is 2.19. The third-order valence-corrected chi connectivity index (χ3v) is 3.00. The highest BCUT2D eigenvalue weighted by atomic mass is 16.3. The average molecular weight is 265 g/mol. The van der Waals surface area contributed by atoms with E-state index in [-0.39, 0.29) is 29.4 Å². The molecule has 5 nitrogen and oxygen atoms in total. The van der Waals surface area contributed by atoms with E-state index >= 15 is 0 Å². The maximum absolute atomic E-state index is 12.0. The molecule has 19 heavy (non-hydrogen) atoms. The van der Waals surface area contributed by atoms with Gasteiger partial charge in [-0.1, -0.05) is 13.3 Å². The van der Waals surface area contributed by atoms with Crippen LogP contribution in [0.25, 0.3) is 0 Å². The molecule has 5 heteroatoms. The van der Waals surface area contributed by atoms with Crippen LogP contribution in [-0.4, -0.2) is 22.0 Å². The fourth-order valence-electron chi connectivity index (χ4n) is 1.76. The van der Waals surface area contributed by atoms with E-state index in [9.17, 15) is 9.90 Å². The molecule has 0 fully saturated rings. The molecule has 4 N–H and O–H groups in total. The van der Waals surface area contributed by atoms with E-state index in [1.807, 2.05) is 13.8 Å². The van der Waals surface area contributed by atoms with Crippen molar-refractivity contribution in [3.8, 4) is 5.75 Å². The molecular formula is C14H23N3O2. The van der Waals surface area contributed by atoms with Crippen LogP contribution in [0.15, 0.2) is 12.1 Å². The number of nitrogens with zero attached hydrogens (tertiary/aromatic N) is 1. The van der Waals surface area contributed by atoms with Crippen molar-refractivity contribution < 1.29 is 9.90 Å². The summed E-state index contributed by atoms with van der Waals surface area (Å²) in [6.07, 6.45) is 2.60. The van der Waals surface area contributed by atoms with Crippen LogP contribution in [0.5, 0.6) is 5.75 Å². The Balaban J connectivity index is 2.51. The first-order valence-electron chi connectivity index (χ1n) is 6.63. The monoisotopic (exact) mass is 265 g/mol. The Morgan fingerprint density at radius 2 is 2.11 bits per heavy atom. The topological polar surface area (TPSA) is 88.2 Å². The molecule has 0 saturated heterocycles. The maximum Gasteiger partial charge on any atom is 0.228 e. The Morgan fingerprint density at radius 3 is 2.74 bits per heavy atom. The zero-order valence-electron chi connectivity index (χ0n) is 11.8. The number of amides is 1. The van der Waals surface area contributed by atoms with Gasteiger partial charge in [-0.15, -0.1) is 0 Å². The van der Waals surface area contributed by atoms with Crippen LogP contribution in [0.4, 0.5) is 5.82 Å². The summed E-state index contributed by atoms with van der Waals surface area (Å²) in [7, 11) is 0. The second-order valence-corrected chi connectivity index (χ2v) is 5.12. The van der Waals surface area contributed by atoms with Crippen LogP contribution < -0.4 is 11.1 Å². The van der Waals surface area contributed by atoms with E-state index < -0.39 is 0 Å². The zero-order valence-corrected chi connectivity index (χ0v) is 11.8. The van der Waals surface area contributed by atoms with Crippen molar-refractivity contribution in [2.24, 2.45) is 11.7 Å². The van der Waals surface area contributed by atoms with Crippen molar-refractivity contribution in [1.82, 2.24) is 4.98 Å². The maximum atomic E-state index is 12.0. The van der Waals surface area contributed by atoms with E-state index in [0.717, 1.165) is 25.0 Å². The summed E-state index contributed by atoms with van der Waals surface area (Å²) >= 11 is 0. The number of nitrogens with one attached hydrogen (secondary N) is 1. The van der Waals surface area contributed by atoms with Crippen molar-refractivity contribution in [3.05, 3.63) is 17.8 Å². The zero-order chi connectivity index (χ0) is 14.4. The van der Waals surface area contributed by atoms with Gasteiger partial charge in [0.25, 0.3) is 0 Å². The number of pyridine rings is 1. The third-order valence-electron chi connectivity index (χ3n) is 3.00. The lowest BCUT2D eigenvalue weighted by atomic mass is 10.0. The molecule has 2 unspecified atom stereocenters. The number of carbonyl (C=O) groups excluding carboxylic acids is 1. The average Bonchev–Trinajstić information content (AvgIpc) is 2.33. The minimum Gasteiger partial charge on any atom is -0.504 e. The summed E-state index contributed by atoms with van der Waals surface area (Å²) in [4.78, 5) is 16.1. The fraction of sp³-hybridized carbons (Fsp3) is 0.571. The van der Waals surface area contributed by atoms with Crippen molar-refractivity contribution in [2.75, 3.05) is 5.32 Å². The molecule has 0 saturated carbocycles. The molecular weight excluding hydrogens is 242 g/mol. The number of anilines is 1. The highest BCUT2D eigenvalue weighted by Gasteiger charge is 2.15. The molecule has 0 aliphatic rings. The summed E-state index contributed by atoms with van der Waals surface area (Å²) in [5.74, 6) is -0.0377. The summed E-state index contributed by atoms with van der Waals surface area (Å²) in [6, 6.07) is 3.38. The number of aryl methyl sites for hydroxylation is 1. The summed E-state index contributed by atoms with van der Waals surface area (Å²) < 4.78 is 0. The predicted molar refractivity (Wildman–Crippen MR) is 75.9 cm³/mol. The van der Waals surface area contributed by atoms with Gasteiger partial charge in [-0.25, -0.2) is 4.98 Å². The number of carbonyl (C=O) groups is 1. The van der Waals surface area contributed by atoms with Gasteiger partial charge in [-0.3, -0.25) is 4.79 Å². The van der Waals surface area contributed by atoms with Gasteiger partial charge in [-0.05, 0) is 38.8 Å². The molecule has 1 aromatic rings. The molecule has 1 aromatic heterocycles. The van der Waals surface area contributed by atoms with Crippen LogP contribution in [0.2, 0.25) is 0 Å². The van der Waals surface area contributed by atoms with Crippen molar-refractivity contribution >= 4 is 11.7 Å². The Labute approximate surface area is 114 Å². The van der Waals surface area contributed by atoms with E-state index in [0.29, 0.717) is 0 Å². The Kier molecular flexibility index (Phi) is 5.76. The Hall–Kier alpha value is -1.62. The smallest absolute Gasteiger partial charge is 0.228 e. The van der Waals surface area contributed by atoms with Crippen molar-refractivity contribution in [3.63, 3.8) is 0 Å². The lowest BCUT2D eigenvalue weighted by Gasteiger charge is -2.13. The van der Waals surface area contributed by atoms with Gasteiger partial charge in [-0.2, -0.15) is 0 Å². The summed E-state index contributed by atoms with van der Waals surface area (Å²) in [5.41, 5.74) is 6.42. The molecule has 2 atom stereocenters. The largest absolute Gasteiger partial charge is 0.504 e. The lowest BCUT2D eigenvalue weighted by Crippen LogP contribution is -2.22. The highest BCUT2D eigenvalue weighted by Crippen LogP contribution is 2.21. The van der Waals surface area contributed by atoms with Crippen LogP contribution in [0.3, 0.4) is 0 Å². The molecule has 106 valence electrons. The standard InChI is InChI=1S/C14H23N3O2/c1-9(5-4-6-10(2)15)14(19)17-13-12(18)8-7-11(3)16-13/h7-10,18H,4-6,15H2,1-3H3,(H,16,17,19). The lowest BCUT2D eigenvalue weighted by molar-refractivity contribution is -0.119. The van der Waals surface area contributed by atoms with E-state index in [4.69, 9.17) is 5.73 Å². The number of hydrogen-bond donors (Lipinski definition) is 3. The van der Waals surface area contributed by atoms with E-state index in [1.54, 1.807) is 13.0 Å². The molecule has 1 heterocycles. The molecule has 0 radical (unpaired) electrons. The van der Waals surface area contributed by atoms with Crippen molar-refractivity contribution in [2.45, 2.75) is 46.1 Å². The Bertz CT molecular complexity index is 433. The number of aromatic nitrogens is 1. The molecule has 0 aliphatic carbocycles. The van der Waals surface area contributed by atoms with Crippen molar-refractivity contribution in [1.29, 1.82) is 0 Å². The first-order chi connectivity index (χ1) is 8.90. The molecule has 1 rings (SSSR count). The normalized spacial score (nSPS) is 13.9. The van der Waals surface area contributed by atoms with Gasteiger partial charge in [0.15, 0.2) is 11.6 Å². The van der Waals surface area contributed by atoms with Gasteiger partial charge in [0.1, 0.15) is 0 Å². The molecule has 1 amide bonds. The van der Waals surface area contributed by atoms with Gasteiger partial charge in [0.05, 0.1) is 0 Å². The Morgan fingerprint density at radius 1 is 1.42 bits per heavy atom. The van der Waals surface area contributed by atoms with E-state index in [2.05, 4.69) is 10.3 Å². The van der Waals surface area contributed by atoms with Gasteiger partial charge in [0.2, 0.25) is 5.91 Å². The van der Waals surface area contributed by atoms with Gasteiger partial charge in [0, 0.05) is 17.7 Å². The first-order valence-corrected chi connectivity index (χ1v) is 6.63. The minimum absolute atomic E-state index is 0.0123. The number of rotatable bonds is 6. The highest BCUT2D eigenvalue weighted by molar-refractivity contribution is 5.92. The number of aromatic hydroxyl groups is 1. The minimum atomic E-state index is -0.127.